The van der Waals surface area contributed by atoms with Gasteiger partial charge in [0.25, 0.3) is 5.91 Å². The zero-order valence-electron chi connectivity index (χ0n) is 11.8. The van der Waals surface area contributed by atoms with Gasteiger partial charge in [-0.3, -0.25) is 4.79 Å². The standard InChI is InChI=1S/C15H18FN3O2/c1-2-5-12(17)15-19-13(9-21-15)14(20)18-8-10-6-3-4-7-11(10)16/h3-4,6-7,9,12H,2,5,8,17H2,1H3,(H,18,20). The maximum absolute atomic E-state index is 13.4. The summed E-state index contributed by atoms with van der Waals surface area (Å²) in [7, 11) is 0. The Morgan fingerprint density at radius 3 is 2.95 bits per heavy atom. The van der Waals surface area contributed by atoms with Crippen molar-refractivity contribution in [1.29, 1.82) is 0 Å². The first-order chi connectivity index (χ1) is 10.1. The predicted molar refractivity (Wildman–Crippen MR) is 75.9 cm³/mol. The fourth-order valence-electron chi connectivity index (χ4n) is 1.90. The molecule has 2 rings (SSSR count). The number of hydrogen-bond acceptors (Lipinski definition) is 4. The van der Waals surface area contributed by atoms with Crippen LogP contribution in [0.2, 0.25) is 0 Å². The first-order valence-electron chi connectivity index (χ1n) is 6.84. The molecule has 1 heterocycles. The summed E-state index contributed by atoms with van der Waals surface area (Å²) in [4.78, 5) is 16.0. The third-order valence-electron chi connectivity index (χ3n) is 3.07. The molecule has 21 heavy (non-hydrogen) atoms. The summed E-state index contributed by atoms with van der Waals surface area (Å²) >= 11 is 0. The Kier molecular flexibility index (Phi) is 5.05. The number of nitrogens with zero attached hydrogens (tertiary/aromatic N) is 1. The van der Waals surface area contributed by atoms with Crippen LogP contribution in [0.15, 0.2) is 34.9 Å². The Hall–Kier alpha value is -2.21. The Bertz CT molecular complexity index is 612. The third-order valence-corrected chi connectivity index (χ3v) is 3.07. The number of hydrogen-bond donors (Lipinski definition) is 2. The van der Waals surface area contributed by atoms with Gasteiger partial charge in [0.15, 0.2) is 5.69 Å². The highest BCUT2D eigenvalue weighted by atomic mass is 19.1. The number of oxazole rings is 1. The number of halogens is 1. The molecule has 0 aliphatic rings. The molecule has 0 bridgehead atoms. The molecule has 1 aromatic carbocycles. The van der Waals surface area contributed by atoms with Crippen LogP contribution in [0.3, 0.4) is 0 Å². The monoisotopic (exact) mass is 291 g/mol. The van der Waals surface area contributed by atoms with Gasteiger partial charge in [-0.15, -0.1) is 0 Å². The summed E-state index contributed by atoms with van der Waals surface area (Å²) in [6.07, 6.45) is 2.90. The van der Waals surface area contributed by atoms with Crippen molar-refractivity contribution >= 4 is 5.91 Å². The topological polar surface area (TPSA) is 81.1 Å². The maximum Gasteiger partial charge on any atom is 0.273 e. The average Bonchev–Trinajstić information content (AvgIpc) is 2.96. The van der Waals surface area contributed by atoms with Gasteiger partial charge >= 0.3 is 0 Å². The van der Waals surface area contributed by atoms with E-state index in [-0.39, 0.29) is 24.1 Å². The summed E-state index contributed by atoms with van der Waals surface area (Å²) < 4.78 is 18.6. The van der Waals surface area contributed by atoms with Gasteiger partial charge in [0.2, 0.25) is 5.89 Å². The first-order valence-corrected chi connectivity index (χ1v) is 6.84. The molecule has 1 unspecified atom stereocenters. The molecular formula is C15H18FN3O2. The molecule has 3 N–H and O–H groups in total. The van der Waals surface area contributed by atoms with E-state index in [0.717, 1.165) is 12.8 Å². The number of amides is 1. The van der Waals surface area contributed by atoms with Crippen LogP contribution in [0.1, 0.15) is 47.7 Å². The molecule has 0 radical (unpaired) electrons. The van der Waals surface area contributed by atoms with Gasteiger partial charge in [0.05, 0.1) is 6.04 Å². The highest BCUT2D eigenvalue weighted by Crippen LogP contribution is 2.15. The summed E-state index contributed by atoms with van der Waals surface area (Å²) in [5.41, 5.74) is 6.43. The van der Waals surface area contributed by atoms with E-state index in [0.29, 0.717) is 11.5 Å². The van der Waals surface area contributed by atoms with Crippen molar-refractivity contribution in [2.45, 2.75) is 32.4 Å². The number of nitrogens with one attached hydrogen (secondary N) is 1. The Morgan fingerprint density at radius 1 is 1.48 bits per heavy atom. The molecule has 0 fully saturated rings. The molecule has 6 heteroatoms. The highest BCUT2D eigenvalue weighted by Gasteiger charge is 2.16. The maximum atomic E-state index is 13.4. The number of nitrogens with two attached hydrogens (primary N) is 1. The second-order valence-corrected chi connectivity index (χ2v) is 4.74. The SMILES string of the molecule is CCCC(N)c1nc(C(=O)NCc2ccccc2F)co1. The molecule has 1 aromatic heterocycles. The summed E-state index contributed by atoms with van der Waals surface area (Å²) in [5.74, 6) is -0.437. The fraction of sp³-hybridized carbons (Fsp3) is 0.333. The van der Waals surface area contributed by atoms with E-state index in [1.807, 2.05) is 6.92 Å². The Labute approximate surface area is 122 Å². The number of carbonyl (C=O) groups excluding carboxylic acids is 1. The largest absolute Gasteiger partial charge is 0.446 e. The Balaban J connectivity index is 1.96. The van der Waals surface area contributed by atoms with E-state index in [4.69, 9.17) is 10.2 Å². The molecule has 0 aliphatic heterocycles. The lowest BCUT2D eigenvalue weighted by Gasteiger charge is -2.05. The van der Waals surface area contributed by atoms with Crippen LogP contribution in [-0.2, 0) is 6.54 Å². The van der Waals surface area contributed by atoms with Crippen LogP contribution in [-0.4, -0.2) is 10.9 Å². The van der Waals surface area contributed by atoms with E-state index < -0.39 is 5.91 Å². The van der Waals surface area contributed by atoms with Gasteiger partial charge in [-0.1, -0.05) is 31.5 Å². The Morgan fingerprint density at radius 2 is 2.24 bits per heavy atom. The molecule has 0 spiro atoms. The summed E-state index contributed by atoms with van der Waals surface area (Å²) in [6, 6.07) is 5.95. The number of aromatic nitrogens is 1. The van der Waals surface area contributed by atoms with Crippen LogP contribution in [0.25, 0.3) is 0 Å². The lowest BCUT2D eigenvalue weighted by molar-refractivity contribution is 0.0945. The van der Waals surface area contributed by atoms with Crippen LogP contribution >= 0.6 is 0 Å². The minimum absolute atomic E-state index is 0.0920. The van der Waals surface area contributed by atoms with E-state index in [2.05, 4.69) is 10.3 Å². The average molecular weight is 291 g/mol. The molecule has 0 saturated carbocycles. The van der Waals surface area contributed by atoms with E-state index in [1.54, 1.807) is 18.2 Å². The molecule has 0 saturated heterocycles. The lowest BCUT2D eigenvalue weighted by Crippen LogP contribution is -2.23. The fourth-order valence-corrected chi connectivity index (χ4v) is 1.90. The van der Waals surface area contributed by atoms with Crippen molar-refractivity contribution in [3.05, 3.63) is 53.5 Å². The second kappa shape index (κ2) is 6.99. The van der Waals surface area contributed by atoms with Crippen LogP contribution < -0.4 is 11.1 Å². The minimum Gasteiger partial charge on any atom is -0.446 e. The van der Waals surface area contributed by atoms with Gasteiger partial charge in [0, 0.05) is 12.1 Å². The molecule has 1 atom stereocenters. The number of carbonyl (C=O) groups is 1. The minimum atomic E-state index is -0.419. The summed E-state index contributed by atoms with van der Waals surface area (Å²) in [6.45, 7) is 2.10. The van der Waals surface area contributed by atoms with E-state index in [9.17, 15) is 9.18 Å². The van der Waals surface area contributed by atoms with Gasteiger partial charge < -0.3 is 15.5 Å². The van der Waals surface area contributed by atoms with Gasteiger partial charge in [0.1, 0.15) is 12.1 Å². The molecule has 2 aromatic rings. The molecule has 0 aliphatic carbocycles. The quantitative estimate of drug-likeness (QED) is 0.857. The second-order valence-electron chi connectivity index (χ2n) is 4.74. The molecule has 1 amide bonds. The van der Waals surface area contributed by atoms with Gasteiger partial charge in [-0.2, -0.15) is 0 Å². The van der Waals surface area contributed by atoms with Crippen molar-refractivity contribution in [1.82, 2.24) is 10.3 Å². The predicted octanol–water partition coefficient (Wildman–Crippen LogP) is 2.54. The van der Waals surface area contributed by atoms with E-state index in [1.165, 1.54) is 12.3 Å². The van der Waals surface area contributed by atoms with Crippen molar-refractivity contribution in [3.63, 3.8) is 0 Å². The zero-order chi connectivity index (χ0) is 15.2. The van der Waals surface area contributed by atoms with Gasteiger partial charge in [-0.25, -0.2) is 9.37 Å². The van der Waals surface area contributed by atoms with Crippen LogP contribution in [0, 0.1) is 5.82 Å². The third kappa shape index (κ3) is 3.88. The lowest BCUT2D eigenvalue weighted by atomic mass is 10.2. The smallest absolute Gasteiger partial charge is 0.273 e. The number of benzene rings is 1. The molecular weight excluding hydrogens is 273 g/mol. The van der Waals surface area contributed by atoms with Crippen LogP contribution in [0.5, 0.6) is 0 Å². The number of rotatable bonds is 6. The summed E-state index contributed by atoms with van der Waals surface area (Å²) in [5, 5.41) is 2.60. The normalized spacial score (nSPS) is 12.1. The molecule has 5 nitrogen and oxygen atoms in total. The van der Waals surface area contributed by atoms with Gasteiger partial charge in [-0.05, 0) is 12.5 Å². The van der Waals surface area contributed by atoms with Crippen LogP contribution in [0.4, 0.5) is 4.39 Å². The van der Waals surface area contributed by atoms with Crippen molar-refractivity contribution < 1.29 is 13.6 Å². The van der Waals surface area contributed by atoms with Crippen molar-refractivity contribution in [2.24, 2.45) is 5.73 Å². The van der Waals surface area contributed by atoms with Crippen molar-refractivity contribution in [2.75, 3.05) is 0 Å². The van der Waals surface area contributed by atoms with E-state index >= 15 is 0 Å². The highest BCUT2D eigenvalue weighted by molar-refractivity contribution is 5.91. The molecule has 112 valence electrons. The van der Waals surface area contributed by atoms with Crippen molar-refractivity contribution in [3.8, 4) is 0 Å². The zero-order valence-corrected chi connectivity index (χ0v) is 11.8. The first kappa shape index (κ1) is 15.2.